The van der Waals surface area contributed by atoms with Crippen LogP contribution in [0.4, 0.5) is 0 Å². The van der Waals surface area contributed by atoms with E-state index >= 15 is 0 Å². The largest absolute Gasteiger partial charge is 0.504 e. The van der Waals surface area contributed by atoms with Crippen molar-refractivity contribution in [1.29, 1.82) is 0 Å². The molecule has 0 atom stereocenters. The monoisotopic (exact) mass is 192 g/mol. The van der Waals surface area contributed by atoms with E-state index in [2.05, 4.69) is 4.74 Å². The van der Waals surface area contributed by atoms with Crippen LogP contribution in [0.5, 0.6) is 5.75 Å². The zero-order chi connectivity index (χ0) is 10.1. The van der Waals surface area contributed by atoms with Gasteiger partial charge < -0.3 is 14.3 Å². The molecule has 2 rings (SSSR count). The summed E-state index contributed by atoms with van der Waals surface area (Å²) in [7, 11) is 1.29. The van der Waals surface area contributed by atoms with Crippen LogP contribution in [-0.2, 0) is 4.74 Å². The van der Waals surface area contributed by atoms with Crippen molar-refractivity contribution in [3.63, 3.8) is 0 Å². The van der Waals surface area contributed by atoms with Gasteiger partial charge in [-0.3, -0.25) is 0 Å². The minimum atomic E-state index is -0.493. The third kappa shape index (κ3) is 1.12. The first-order chi connectivity index (χ1) is 6.74. The summed E-state index contributed by atoms with van der Waals surface area (Å²) in [5.41, 5.74) is 0.765. The third-order valence-electron chi connectivity index (χ3n) is 1.99. The van der Waals surface area contributed by atoms with Gasteiger partial charge >= 0.3 is 5.97 Å². The predicted octanol–water partition coefficient (Wildman–Crippen LogP) is 1.93. The van der Waals surface area contributed by atoms with Gasteiger partial charge in [-0.1, -0.05) is 6.07 Å². The molecule has 1 aromatic carbocycles. The summed E-state index contributed by atoms with van der Waals surface area (Å²) in [6.07, 6.45) is 1.19. The summed E-state index contributed by atoms with van der Waals surface area (Å²) < 4.78 is 9.60. The lowest BCUT2D eigenvalue weighted by atomic mass is 10.1. The lowest BCUT2D eigenvalue weighted by molar-refractivity contribution is 0.0602. The van der Waals surface area contributed by atoms with Gasteiger partial charge in [-0.25, -0.2) is 4.79 Å². The van der Waals surface area contributed by atoms with Crippen LogP contribution in [0.2, 0.25) is 0 Å². The summed E-state index contributed by atoms with van der Waals surface area (Å²) >= 11 is 0. The second-order valence-electron chi connectivity index (χ2n) is 2.79. The van der Waals surface area contributed by atoms with Gasteiger partial charge in [0.15, 0.2) is 5.75 Å². The van der Waals surface area contributed by atoms with E-state index in [0.717, 1.165) is 0 Å². The lowest BCUT2D eigenvalue weighted by Gasteiger charge is -1.99. The molecule has 0 aliphatic heterocycles. The number of fused-ring (bicyclic) bond motifs is 1. The average molecular weight is 192 g/mol. The standard InChI is InChI=1S/C10H8O4/c1-13-10(12)6-3-2-4-8-9(6)7(11)5-14-8/h2-5,11H,1H3. The van der Waals surface area contributed by atoms with E-state index in [1.54, 1.807) is 18.2 Å². The van der Waals surface area contributed by atoms with Crippen molar-refractivity contribution in [3.05, 3.63) is 30.0 Å². The Morgan fingerprint density at radius 3 is 3.00 bits per heavy atom. The summed E-state index contributed by atoms with van der Waals surface area (Å²) in [5, 5.41) is 9.82. The molecule has 4 heteroatoms. The molecule has 0 aliphatic rings. The Morgan fingerprint density at radius 1 is 1.50 bits per heavy atom. The van der Waals surface area contributed by atoms with Gasteiger partial charge in [0.05, 0.1) is 18.1 Å². The van der Waals surface area contributed by atoms with Crippen molar-refractivity contribution in [2.24, 2.45) is 0 Å². The highest BCUT2D eigenvalue weighted by molar-refractivity contribution is 6.05. The molecule has 0 saturated heterocycles. The van der Waals surface area contributed by atoms with Crippen LogP contribution in [0, 0.1) is 0 Å². The molecule has 0 amide bonds. The zero-order valence-corrected chi connectivity index (χ0v) is 7.48. The Hall–Kier alpha value is -1.97. The maximum absolute atomic E-state index is 11.3. The first-order valence-electron chi connectivity index (χ1n) is 4.01. The van der Waals surface area contributed by atoms with E-state index in [9.17, 15) is 9.90 Å². The minimum absolute atomic E-state index is 0.0546. The summed E-state index contributed by atoms with van der Waals surface area (Å²) in [4.78, 5) is 11.3. The molecule has 2 aromatic rings. The topological polar surface area (TPSA) is 59.7 Å². The van der Waals surface area contributed by atoms with E-state index in [0.29, 0.717) is 16.5 Å². The molecule has 1 aromatic heterocycles. The minimum Gasteiger partial charge on any atom is -0.504 e. The number of hydrogen-bond donors (Lipinski definition) is 1. The number of ether oxygens (including phenoxy) is 1. The van der Waals surface area contributed by atoms with E-state index in [1.165, 1.54) is 13.4 Å². The maximum atomic E-state index is 11.3. The molecule has 1 heterocycles. The fraction of sp³-hybridized carbons (Fsp3) is 0.100. The number of carbonyl (C=O) groups is 1. The first kappa shape index (κ1) is 8.62. The SMILES string of the molecule is COC(=O)c1cccc2occ(O)c12. The van der Waals surface area contributed by atoms with E-state index < -0.39 is 5.97 Å². The number of hydrogen-bond acceptors (Lipinski definition) is 4. The molecular weight excluding hydrogens is 184 g/mol. The van der Waals surface area contributed by atoms with Crippen molar-refractivity contribution >= 4 is 16.9 Å². The van der Waals surface area contributed by atoms with Crippen molar-refractivity contribution in [2.75, 3.05) is 7.11 Å². The molecule has 0 saturated carbocycles. The van der Waals surface area contributed by atoms with Crippen LogP contribution in [0.3, 0.4) is 0 Å². The molecule has 0 spiro atoms. The van der Waals surface area contributed by atoms with Crippen LogP contribution >= 0.6 is 0 Å². The molecule has 0 aliphatic carbocycles. The van der Waals surface area contributed by atoms with E-state index in [1.807, 2.05) is 0 Å². The second kappa shape index (κ2) is 3.06. The summed E-state index contributed by atoms with van der Waals surface area (Å²) in [5.74, 6) is -0.548. The molecule has 0 bridgehead atoms. The van der Waals surface area contributed by atoms with Crippen LogP contribution in [0.1, 0.15) is 10.4 Å². The van der Waals surface area contributed by atoms with Crippen LogP contribution < -0.4 is 0 Å². The molecule has 0 fully saturated rings. The average Bonchev–Trinajstić information content (AvgIpc) is 2.59. The maximum Gasteiger partial charge on any atom is 0.338 e. The molecule has 14 heavy (non-hydrogen) atoms. The van der Waals surface area contributed by atoms with Crippen molar-refractivity contribution < 1.29 is 19.1 Å². The number of benzene rings is 1. The molecule has 0 radical (unpaired) electrons. The number of furan rings is 1. The number of esters is 1. The van der Waals surface area contributed by atoms with Crippen molar-refractivity contribution in [1.82, 2.24) is 0 Å². The second-order valence-corrected chi connectivity index (χ2v) is 2.79. The summed E-state index contributed by atoms with van der Waals surface area (Å²) in [6.45, 7) is 0. The van der Waals surface area contributed by atoms with E-state index in [4.69, 9.17) is 4.42 Å². The fourth-order valence-corrected chi connectivity index (χ4v) is 1.35. The number of aromatic hydroxyl groups is 1. The summed E-state index contributed by atoms with van der Waals surface area (Å²) in [6, 6.07) is 4.91. The Bertz CT molecular complexity index is 484. The van der Waals surface area contributed by atoms with Gasteiger partial charge in [0.2, 0.25) is 0 Å². The van der Waals surface area contributed by atoms with Crippen LogP contribution in [0.15, 0.2) is 28.9 Å². The van der Waals surface area contributed by atoms with Gasteiger partial charge in [-0.15, -0.1) is 0 Å². The van der Waals surface area contributed by atoms with Crippen molar-refractivity contribution in [3.8, 4) is 5.75 Å². The lowest BCUT2D eigenvalue weighted by Crippen LogP contribution is -2.00. The quantitative estimate of drug-likeness (QED) is 0.701. The van der Waals surface area contributed by atoms with Crippen LogP contribution in [0.25, 0.3) is 11.0 Å². The van der Waals surface area contributed by atoms with Crippen LogP contribution in [-0.4, -0.2) is 18.2 Å². The molecular formula is C10H8O4. The van der Waals surface area contributed by atoms with E-state index in [-0.39, 0.29) is 5.75 Å². The fourth-order valence-electron chi connectivity index (χ4n) is 1.35. The highest BCUT2D eigenvalue weighted by Crippen LogP contribution is 2.30. The van der Waals surface area contributed by atoms with Gasteiger partial charge in [-0.05, 0) is 12.1 Å². The Morgan fingerprint density at radius 2 is 2.29 bits per heavy atom. The highest BCUT2D eigenvalue weighted by atomic mass is 16.5. The van der Waals surface area contributed by atoms with Gasteiger partial charge in [0, 0.05) is 0 Å². The zero-order valence-electron chi connectivity index (χ0n) is 7.48. The third-order valence-corrected chi connectivity index (χ3v) is 1.99. The number of rotatable bonds is 1. The van der Waals surface area contributed by atoms with Crippen molar-refractivity contribution in [2.45, 2.75) is 0 Å². The Labute approximate surface area is 79.7 Å². The smallest absolute Gasteiger partial charge is 0.338 e. The predicted molar refractivity (Wildman–Crippen MR) is 49.2 cm³/mol. The van der Waals surface area contributed by atoms with Gasteiger partial charge in [-0.2, -0.15) is 0 Å². The molecule has 72 valence electrons. The molecule has 4 nitrogen and oxygen atoms in total. The molecule has 1 N–H and O–H groups in total. The van der Waals surface area contributed by atoms with Gasteiger partial charge in [0.25, 0.3) is 0 Å². The molecule has 0 unspecified atom stereocenters. The van der Waals surface area contributed by atoms with Gasteiger partial charge in [0.1, 0.15) is 11.8 Å². The Kier molecular flexibility index (Phi) is 1.89. The first-order valence-corrected chi connectivity index (χ1v) is 4.01. The highest BCUT2D eigenvalue weighted by Gasteiger charge is 2.15. The number of carbonyl (C=O) groups excluding carboxylic acids is 1. The normalized spacial score (nSPS) is 10.4. The number of methoxy groups -OCH3 is 1. The Balaban J connectivity index is 2.75.